The molecule has 1 heterocycles. The van der Waals surface area contributed by atoms with Gasteiger partial charge in [0, 0.05) is 12.1 Å². The fraction of sp³-hybridized carbons (Fsp3) is 0.429. The first-order chi connectivity index (χ1) is 9.06. The maximum atomic E-state index is 11.9. The molecule has 0 spiro atoms. The number of hydrogen-bond acceptors (Lipinski definition) is 3. The summed E-state index contributed by atoms with van der Waals surface area (Å²) in [7, 11) is 0. The molecule has 5 heteroatoms. The normalized spacial score (nSPS) is 14.2. The Hall–Kier alpha value is -2.04. The lowest BCUT2D eigenvalue weighted by molar-refractivity contribution is -0.116. The number of ether oxygens (including phenoxy) is 1. The molecule has 102 valence electrons. The number of fused-ring (bicyclic) bond motifs is 1. The Balaban J connectivity index is 2.15. The summed E-state index contributed by atoms with van der Waals surface area (Å²) >= 11 is 0. The molecule has 1 aliphatic heterocycles. The number of hydrogen-bond donors (Lipinski definition) is 2. The van der Waals surface area contributed by atoms with Crippen LogP contribution in [0.25, 0.3) is 0 Å². The van der Waals surface area contributed by atoms with E-state index in [2.05, 4.69) is 10.6 Å². The van der Waals surface area contributed by atoms with Crippen LogP contribution in [-0.2, 0) is 4.79 Å². The highest BCUT2D eigenvalue weighted by Crippen LogP contribution is 2.28. The summed E-state index contributed by atoms with van der Waals surface area (Å²) in [6.07, 6.45) is 0.323. The number of nitrogens with one attached hydrogen (secondary N) is 2. The molecule has 0 radical (unpaired) electrons. The molecule has 2 rings (SSSR count). The van der Waals surface area contributed by atoms with E-state index in [1.165, 1.54) is 0 Å². The number of benzene rings is 1. The summed E-state index contributed by atoms with van der Waals surface area (Å²) in [6.45, 7) is 5.05. The summed E-state index contributed by atoms with van der Waals surface area (Å²) in [5, 5.41) is 5.58. The molecule has 2 N–H and O–H groups in total. The molecular weight excluding hydrogens is 244 g/mol. The van der Waals surface area contributed by atoms with Crippen molar-refractivity contribution in [3.63, 3.8) is 0 Å². The molecule has 2 amide bonds. The van der Waals surface area contributed by atoms with Gasteiger partial charge in [-0.1, -0.05) is 13.8 Å². The lowest BCUT2D eigenvalue weighted by Crippen LogP contribution is -2.27. The van der Waals surface area contributed by atoms with Gasteiger partial charge >= 0.3 is 0 Å². The molecule has 0 fully saturated rings. The number of amides is 2. The van der Waals surface area contributed by atoms with Crippen LogP contribution >= 0.6 is 0 Å². The highest BCUT2D eigenvalue weighted by Gasteiger charge is 2.16. The van der Waals surface area contributed by atoms with E-state index >= 15 is 0 Å². The minimum Gasteiger partial charge on any atom is -0.491 e. The maximum Gasteiger partial charge on any atom is 0.251 e. The van der Waals surface area contributed by atoms with E-state index in [0.29, 0.717) is 42.5 Å². The third-order valence-electron chi connectivity index (χ3n) is 2.77. The summed E-state index contributed by atoms with van der Waals surface area (Å²) in [6, 6.07) is 5.06. The molecule has 0 aromatic heterocycles. The molecule has 5 nitrogen and oxygen atoms in total. The third kappa shape index (κ3) is 3.47. The lowest BCUT2D eigenvalue weighted by Gasteiger charge is -2.11. The first-order valence-electron chi connectivity index (χ1n) is 6.41. The SMILES string of the molecule is CC(C)CNC(=O)c1ccc2c(c1)NC(=O)CCO2. The average Bonchev–Trinajstić information content (AvgIpc) is 2.55. The smallest absolute Gasteiger partial charge is 0.251 e. The van der Waals surface area contributed by atoms with Gasteiger partial charge in [-0.3, -0.25) is 9.59 Å². The summed E-state index contributed by atoms with van der Waals surface area (Å²) in [4.78, 5) is 23.4. The van der Waals surface area contributed by atoms with E-state index in [-0.39, 0.29) is 11.8 Å². The molecule has 1 aromatic carbocycles. The fourth-order valence-electron chi connectivity index (χ4n) is 1.76. The van der Waals surface area contributed by atoms with E-state index in [1.807, 2.05) is 13.8 Å². The predicted molar refractivity (Wildman–Crippen MR) is 72.4 cm³/mol. The molecule has 0 saturated heterocycles. The van der Waals surface area contributed by atoms with Crippen molar-refractivity contribution in [3.05, 3.63) is 23.8 Å². The zero-order chi connectivity index (χ0) is 13.8. The van der Waals surface area contributed by atoms with Gasteiger partial charge in [0.15, 0.2) is 0 Å². The van der Waals surface area contributed by atoms with Crippen LogP contribution in [-0.4, -0.2) is 25.0 Å². The van der Waals surface area contributed by atoms with Crippen LogP contribution in [0.4, 0.5) is 5.69 Å². The number of carbonyl (C=O) groups is 2. The number of carbonyl (C=O) groups excluding carboxylic acids is 2. The minimum absolute atomic E-state index is 0.0986. The predicted octanol–water partition coefficient (Wildman–Crippen LogP) is 1.79. The van der Waals surface area contributed by atoms with Crippen molar-refractivity contribution < 1.29 is 14.3 Å². The maximum absolute atomic E-state index is 11.9. The number of anilines is 1. The van der Waals surface area contributed by atoms with E-state index in [0.717, 1.165) is 0 Å². The van der Waals surface area contributed by atoms with Crippen LogP contribution < -0.4 is 15.4 Å². The van der Waals surface area contributed by atoms with Crippen molar-refractivity contribution in [2.24, 2.45) is 5.92 Å². The van der Waals surface area contributed by atoms with Gasteiger partial charge in [-0.15, -0.1) is 0 Å². The zero-order valence-electron chi connectivity index (χ0n) is 11.2. The fourth-order valence-corrected chi connectivity index (χ4v) is 1.76. The molecular formula is C14H18N2O3. The third-order valence-corrected chi connectivity index (χ3v) is 2.77. The monoisotopic (exact) mass is 262 g/mol. The zero-order valence-corrected chi connectivity index (χ0v) is 11.2. The van der Waals surface area contributed by atoms with Crippen LogP contribution in [0.15, 0.2) is 18.2 Å². The topological polar surface area (TPSA) is 67.4 Å². The second-order valence-electron chi connectivity index (χ2n) is 4.96. The van der Waals surface area contributed by atoms with Gasteiger partial charge in [0.2, 0.25) is 5.91 Å². The molecule has 0 bridgehead atoms. The largest absolute Gasteiger partial charge is 0.491 e. The van der Waals surface area contributed by atoms with Crippen molar-refractivity contribution in [1.29, 1.82) is 0 Å². The van der Waals surface area contributed by atoms with E-state index in [4.69, 9.17) is 4.74 Å². The Morgan fingerprint density at radius 3 is 3.00 bits per heavy atom. The second kappa shape index (κ2) is 5.73. The summed E-state index contributed by atoms with van der Waals surface area (Å²) in [5.41, 5.74) is 1.07. The average molecular weight is 262 g/mol. The first-order valence-corrected chi connectivity index (χ1v) is 6.41. The highest BCUT2D eigenvalue weighted by molar-refractivity contribution is 5.98. The molecule has 1 aromatic rings. The van der Waals surface area contributed by atoms with Gasteiger partial charge < -0.3 is 15.4 Å². The van der Waals surface area contributed by atoms with Crippen molar-refractivity contribution in [1.82, 2.24) is 5.32 Å². The van der Waals surface area contributed by atoms with Gasteiger partial charge in [0.1, 0.15) is 5.75 Å². The number of rotatable bonds is 3. The van der Waals surface area contributed by atoms with Gasteiger partial charge in [-0.2, -0.15) is 0 Å². The molecule has 0 atom stereocenters. The Kier molecular flexibility index (Phi) is 4.04. The standard InChI is InChI=1S/C14H18N2O3/c1-9(2)8-15-14(18)10-3-4-12-11(7-10)16-13(17)5-6-19-12/h3-4,7,9H,5-6,8H2,1-2H3,(H,15,18)(H,16,17). The molecule has 1 aliphatic rings. The molecule has 0 aliphatic carbocycles. The minimum atomic E-state index is -0.144. The van der Waals surface area contributed by atoms with Crippen LogP contribution in [0, 0.1) is 5.92 Å². The van der Waals surface area contributed by atoms with E-state index < -0.39 is 0 Å². The van der Waals surface area contributed by atoms with E-state index in [9.17, 15) is 9.59 Å². The van der Waals surface area contributed by atoms with Gasteiger partial charge in [-0.25, -0.2) is 0 Å². The second-order valence-corrected chi connectivity index (χ2v) is 4.96. The van der Waals surface area contributed by atoms with Crippen molar-refractivity contribution in [3.8, 4) is 5.75 Å². The van der Waals surface area contributed by atoms with Gasteiger partial charge in [0.05, 0.1) is 18.7 Å². The Labute approximate surface area is 112 Å². The molecule has 19 heavy (non-hydrogen) atoms. The van der Waals surface area contributed by atoms with Crippen LogP contribution in [0.5, 0.6) is 5.75 Å². The van der Waals surface area contributed by atoms with E-state index in [1.54, 1.807) is 18.2 Å². The Morgan fingerprint density at radius 1 is 1.47 bits per heavy atom. The highest BCUT2D eigenvalue weighted by atomic mass is 16.5. The van der Waals surface area contributed by atoms with Crippen molar-refractivity contribution in [2.45, 2.75) is 20.3 Å². The Morgan fingerprint density at radius 2 is 2.26 bits per heavy atom. The molecule has 0 unspecified atom stereocenters. The molecule has 0 saturated carbocycles. The van der Waals surface area contributed by atoms with Crippen molar-refractivity contribution in [2.75, 3.05) is 18.5 Å². The van der Waals surface area contributed by atoms with Crippen molar-refractivity contribution >= 4 is 17.5 Å². The summed E-state index contributed by atoms with van der Waals surface area (Å²) in [5.74, 6) is 0.757. The van der Waals surface area contributed by atoms with Gasteiger partial charge in [-0.05, 0) is 24.1 Å². The summed E-state index contributed by atoms with van der Waals surface area (Å²) < 4.78 is 5.44. The van der Waals surface area contributed by atoms with Crippen LogP contribution in [0.2, 0.25) is 0 Å². The quantitative estimate of drug-likeness (QED) is 0.872. The Bertz CT molecular complexity index is 497. The first kappa shape index (κ1) is 13.4. The van der Waals surface area contributed by atoms with Crippen LogP contribution in [0.1, 0.15) is 30.6 Å². The lowest BCUT2D eigenvalue weighted by atomic mass is 10.1. The van der Waals surface area contributed by atoms with Gasteiger partial charge in [0.25, 0.3) is 5.91 Å². The van der Waals surface area contributed by atoms with Crippen LogP contribution in [0.3, 0.4) is 0 Å².